The van der Waals surface area contributed by atoms with Crippen LogP contribution >= 0.6 is 0 Å². The molecule has 0 saturated carbocycles. The Hall–Kier alpha value is -9.92. The molecule has 0 unspecified atom stereocenters. The van der Waals surface area contributed by atoms with Crippen LogP contribution in [0.5, 0.6) is 0 Å². The van der Waals surface area contributed by atoms with Gasteiger partial charge in [0.15, 0.2) is 0 Å². The molecule has 10 aromatic carbocycles. The zero-order valence-corrected chi connectivity index (χ0v) is 38.6. The molecule has 0 bridgehead atoms. The van der Waals surface area contributed by atoms with Gasteiger partial charge in [-0.2, -0.15) is 0 Å². The zero-order valence-electron chi connectivity index (χ0n) is 38.6. The fourth-order valence-electron chi connectivity index (χ4n) is 9.96. The fourth-order valence-corrected chi connectivity index (χ4v) is 9.96. The second kappa shape index (κ2) is 17.6. The van der Waals surface area contributed by atoms with Gasteiger partial charge in [0.25, 0.3) is 23.6 Å². The average molecular weight is 931 g/mol. The maximum Gasteiger partial charge on any atom is 0.266 e. The molecule has 8 nitrogen and oxygen atoms in total. The van der Waals surface area contributed by atoms with Crippen molar-refractivity contribution in [1.82, 2.24) is 0 Å². The van der Waals surface area contributed by atoms with Crippen LogP contribution in [0, 0.1) is 0 Å². The SMILES string of the molecule is Nc1ccc(-c2ccc3c(c2)C(=O)N(c2ccc(-c4ccc(-c5cc(-c6ccccc6)c(N6C(=O)c7ccc(-c8ccc(N)cc8)cc7C6=O)cc5-c5ccccc5)c(-c5ccccc5)c4)cc2)C3=O)cc1. The molecule has 0 spiro atoms. The van der Waals surface area contributed by atoms with E-state index in [0.29, 0.717) is 50.6 Å². The molecule has 10 aromatic rings. The summed E-state index contributed by atoms with van der Waals surface area (Å²) >= 11 is 0. The van der Waals surface area contributed by atoms with E-state index in [0.717, 1.165) is 72.3 Å². The van der Waals surface area contributed by atoms with Gasteiger partial charge in [-0.05, 0) is 151 Å². The van der Waals surface area contributed by atoms with Gasteiger partial charge in [0, 0.05) is 16.9 Å². The molecule has 342 valence electrons. The van der Waals surface area contributed by atoms with Crippen LogP contribution in [0.1, 0.15) is 41.4 Å². The third-order valence-electron chi connectivity index (χ3n) is 13.7. The van der Waals surface area contributed by atoms with Gasteiger partial charge in [-0.1, -0.05) is 152 Å². The number of carbonyl (C=O) groups excluding carboxylic acids is 4. The molecule has 0 aliphatic carbocycles. The smallest absolute Gasteiger partial charge is 0.266 e. The van der Waals surface area contributed by atoms with Crippen molar-refractivity contribution in [3.8, 4) is 77.9 Å². The molecule has 12 rings (SSSR count). The summed E-state index contributed by atoms with van der Waals surface area (Å²) in [5.74, 6) is -1.54. The quantitative estimate of drug-likeness (QED) is 0.110. The van der Waals surface area contributed by atoms with Crippen molar-refractivity contribution in [2.24, 2.45) is 0 Å². The van der Waals surface area contributed by atoms with Gasteiger partial charge in [-0.25, -0.2) is 9.80 Å². The van der Waals surface area contributed by atoms with Crippen LogP contribution in [0.25, 0.3) is 77.9 Å². The Bertz CT molecular complexity index is 3820. The lowest BCUT2D eigenvalue weighted by Gasteiger charge is -2.24. The first-order valence-electron chi connectivity index (χ1n) is 23.6. The summed E-state index contributed by atoms with van der Waals surface area (Å²) in [7, 11) is 0. The minimum Gasteiger partial charge on any atom is -0.399 e. The molecular weight excluding hydrogens is 889 g/mol. The predicted octanol–water partition coefficient (Wildman–Crippen LogP) is 14.1. The molecule has 0 fully saturated rings. The highest BCUT2D eigenvalue weighted by molar-refractivity contribution is 6.36. The zero-order chi connectivity index (χ0) is 49.0. The van der Waals surface area contributed by atoms with Crippen LogP contribution in [0.2, 0.25) is 0 Å². The highest BCUT2D eigenvalue weighted by Gasteiger charge is 2.39. The topological polar surface area (TPSA) is 127 Å². The van der Waals surface area contributed by atoms with Crippen molar-refractivity contribution in [1.29, 1.82) is 0 Å². The predicted molar refractivity (Wildman–Crippen MR) is 288 cm³/mol. The Labute approximate surface area is 415 Å². The summed E-state index contributed by atoms with van der Waals surface area (Å²) in [5.41, 5.74) is 27.8. The van der Waals surface area contributed by atoms with Gasteiger partial charge in [0.1, 0.15) is 0 Å². The van der Waals surface area contributed by atoms with Gasteiger partial charge in [0.2, 0.25) is 0 Å². The number of nitrogen functional groups attached to an aromatic ring is 2. The van der Waals surface area contributed by atoms with E-state index in [4.69, 9.17) is 11.5 Å². The molecule has 0 aromatic heterocycles. The Morgan fingerprint density at radius 2 is 0.583 bits per heavy atom. The van der Waals surface area contributed by atoms with Gasteiger partial charge < -0.3 is 11.5 Å². The minimum atomic E-state index is -0.400. The van der Waals surface area contributed by atoms with Gasteiger partial charge >= 0.3 is 0 Å². The number of amides is 4. The Kier molecular flexibility index (Phi) is 10.6. The van der Waals surface area contributed by atoms with Crippen molar-refractivity contribution in [3.05, 3.63) is 253 Å². The minimum absolute atomic E-state index is 0.335. The van der Waals surface area contributed by atoms with E-state index in [1.807, 2.05) is 170 Å². The Balaban J connectivity index is 0.955. The number of fused-ring (bicyclic) bond motifs is 2. The van der Waals surface area contributed by atoms with Crippen molar-refractivity contribution in [2.75, 3.05) is 21.3 Å². The van der Waals surface area contributed by atoms with E-state index in [9.17, 15) is 19.2 Å². The number of imide groups is 2. The largest absolute Gasteiger partial charge is 0.399 e. The number of nitrogens with zero attached hydrogens (tertiary/aromatic N) is 2. The van der Waals surface area contributed by atoms with E-state index in [-0.39, 0.29) is 11.8 Å². The number of anilines is 4. The van der Waals surface area contributed by atoms with E-state index < -0.39 is 11.8 Å². The average Bonchev–Trinajstić information content (AvgIpc) is 3.84. The first-order valence-corrected chi connectivity index (χ1v) is 23.6. The van der Waals surface area contributed by atoms with Crippen LogP contribution in [-0.2, 0) is 0 Å². The number of hydrogen-bond donors (Lipinski definition) is 2. The number of hydrogen-bond acceptors (Lipinski definition) is 6. The normalized spacial score (nSPS) is 12.9. The lowest BCUT2D eigenvalue weighted by atomic mass is 9.85. The highest BCUT2D eigenvalue weighted by Crippen LogP contribution is 2.47. The maximum absolute atomic E-state index is 14.7. The third-order valence-corrected chi connectivity index (χ3v) is 13.7. The number of nitrogens with two attached hydrogens (primary N) is 2. The summed E-state index contributed by atoms with van der Waals surface area (Å²) < 4.78 is 0. The first-order chi connectivity index (χ1) is 35.2. The standard InChI is InChI=1S/C64H42N4O4/c65-48-25-16-39(17-26-48)46-23-32-52-58(35-46)63(71)67(61(52)69)50-29-20-41(21-30-50)45-22-31-51(54(34-45)42-10-4-1-5-11-42)57-37-56(44-14-8-3-9-15-44)60(38-55(57)43-12-6-2-7-13-43)68-62(70)53-33-24-47(36-59(53)64(68)72)40-18-27-49(66)28-19-40/h1-38H,65-66H2. The summed E-state index contributed by atoms with van der Waals surface area (Å²) in [6.07, 6.45) is 0. The molecule has 8 heteroatoms. The number of rotatable bonds is 9. The summed E-state index contributed by atoms with van der Waals surface area (Å²) in [6, 6.07) is 73.5. The molecular formula is C64H42N4O4. The van der Waals surface area contributed by atoms with E-state index in [2.05, 4.69) is 36.4 Å². The van der Waals surface area contributed by atoms with Crippen LogP contribution in [0.3, 0.4) is 0 Å². The van der Waals surface area contributed by atoms with E-state index in [1.54, 1.807) is 24.3 Å². The molecule has 0 atom stereocenters. The first kappa shape index (κ1) is 43.4. The summed E-state index contributed by atoms with van der Waals surface area (Å²) in [6.45, 7) is 0. The molecule has 4 N–H and O–H groups in total. The molecule has 4 amide bonds. The monoisotopic (exact) mass is 930 g/mol. The van der Waals surface area contributed by atoms with E-state index in [1.165, 1.54) is 9.80 Å². The van der Waals surface area contributed by atoms with Crippen LogP contribution < -0.4 is 21.3 Å². The maximum atomic E-state index is 14.7. The molecule has 2 aliphatic rings. The molecule has 2 aliphatic heterocycles. The second-order valence-electron chi connectivity index (χ2n) is 18.0. The molecule has 2 heterocycles. The fraction of sp³-hybridized carbons (Fsp3) is 0. The van der Waals surface area contributed by atoms with E-state index >= 15 is 0 Å². The molecule has 0 radical (unpaired) electrons. The highest BCUT2D eigenvalue weighted by atomic mass is 16.2. The summed E-state index contributed by atoms with van der Waals surface area (Å²) in [5, 5.41) is 0. The van der Waals surface area contributed by atoms with Gasteiger partial charge in [-0.3, -0.25) is 19.2 Å². The Morgan fingerprint density at radius 3 is 1.06 bits per heavy atom. The number of benzene rings is 10. The van der Waals surface area contributed by atoms with Crippen molar-refractivity contribution in [2.45, 2.75) is 0 Å². The van der Waals surface area contributed by atoms with Gasteiger partial charge in [0.05, 0.1) is 33.6 Å². The van der Waals surface area contributed by atoms with Crippen LogP contribution in [-0.4, -0.2) is 23.6 Å². The lowest BCUT2D eigenvalue weighted by Crippen LogP contribution is -2.30. The van der Waals surface area contributed by atoms with Crippen LogP contribution in [0.15, 0.2) is 231 Å². The lowest BCUT2D eigenvalue weighted by molar-refractivity contribution is 0.0910. The van der Waals surface area contributed by atoms with Crippen molar-refractivity contribution in [3.63, 3.8) is 0 Å². The molecule has 0 saturated heterocycles. The second-order valence-corrected chi connectivity index (χ2v) is 18.0. The Morgan fingerprint density at radius 1 is 0.236 bits per heavy atom. The number of carbonyl (C=O) groups is 4. The van der Waals surface area contributed by atoms with Crippen molar-refractivity contribution < 1.29 is 19.2 Å². The summed E-state index contributed by atoms with van der Waals surface area (Å²) in [4.78, 5) is 59.6. The van der Waals surface area contributed by atoms with Gasteiger partial charge in [-0.15, -0.1) is 0 Å². The van der Waals surface area contributed by atoms with Crippen molar-refractivity contribution >= 4 is 46.4 Å². The third kappa shape index (κ3) is 7.51. The molecule has 72 heavy (non-hydrogen) atoms. The van der Waals surface area contributed by atoms with Crippen LogP contribution in [0.4, 0.5) is 22.7 Å².